The molecule has 0 N–H and O–H groups in total. The van der Waals surface area contributed by atoms with Gasteiger partial charge in [0.25, 0.3) is 0 Å². The number of hydrogen-bond donors (Lipinski definition) is 0. The van der Waals surface area contributed by atoms with Gasteiger partial charge in [-0.1, -0.05) is 20.8 Å². The minimum Gasteiger partial charge on any atom is -0.352 e. The van der Waals surface area contributed by atoms with Gasteiger partial charge in [-0.3, -0.25) is 4.79 Å². The lowest BCUT2D eigenvalue weighted by molar-refractivity contribution is -0.119. The molecule has 0 saturated heterocycles. The molecule has 132 valence electrons. The first kappa shape index (κ1) is 17.5. The van der Waals surface area contributed by atoms with E-state index in [1.54, 1.807) is 6.20 Å². The first-order valence-electron chi connectivity index (χ1n) is 8.74. The molecule has 25 heavy (non-hydrogen) atoms. The smallest absolute Gasteiger partial charge is 0.182 e. The molecule has 6 nitrogen and oxygen atoms in total. The van der Waals surface area contributed by atoms with E-state index in [-0.39, 0.29) is 11.2 Å². The van der Waals surface area contributed by atoms with Gasteiger partial charge in [0.2, 0.25) is 0 Å². The number of rotatable bonds is 5. The second kappa shape index (κ2) is 6.86. The van der Waals surface area contributed by atoms with E-state index < -0.39 is 0 Å². The number of carbonyl (C=O) groups excluding carboxylic acids is 1. The average molecular weight is 339 g/mol. The minimum atomic E-state index is -0.00364. The molecule has 0 aliphatic heterocycles. The Balaban J connectivity index is 1.90. The Morgan fingerprint density at radius 3 is 2.72 bits per heavy atom. The lowest BCUT2D eigenvalue weighted by atomic mass is 9.90. The molecule has 0 amide bonds. The van der Waals surface area contributed by atoms with E-state index >= 15 is 0 Å². The molecule has 3 rings (SSSR count). The highest BCUT2D eigenvalue weighted by Gasteiger charge is 2.24. The summed E-state index contributed by atoms with van der Waals surface area (Å²) in [5, 5.41) is 8.04. The average Bonchev–Trinajstić information content (AvgIpc) is 3.01. The van der Waals surface area contributed by atoms with Gasteiger partial charge in [-0.15, -0.1) is 5.10 Å². The largest absolute Gasteiger partial charge is 0.352 e. The van der Waals surface area contributed by atoms with Crippen LogP contribution in [0.2, 0.25) is 0 Å². The van der Waals surface area contributed by atoms with E-state index in [0.717, 1.165) is 30.8 Å². The van der Waals surface area contributed by atoms with Gasteiger partial charge in [0, 0.05) is 30.9 Å². The Bertz CT molecular complexity index is 767. The van der Waals surface area contributed by atoms with Crippen LogP contribution in [0.3, 0.4) is 0 Å². The van der Waals surface area contributed by atoms with E-state index in [1.165, 1.54) is 5.56 Å². The molecule has 2 heterocycles. The molecule has 6 heteroatoms. The van der Waals surface area contributed by atoms with Crippen molar-refractivity contribution in [1.29, 1.82) is 0 Å². The summed E-state index contributed by atoms with van der Waals surface area (Å²) in [5.41, 5.74) is 2.89. The number of aryl methyl sites for hydroxylation is 1. The Kier molecular flexibility index (Phi) is 4.79. The van der Waals surface area contributed by atoms with Gasteiger partial charge in [0.05, 0.1) is 6.54 Å². The van der Waals surface area contributed by atoms with Crippen LogP contribution in [0.1, 0.15) is 44.9 Å². The SMILES string of the molecule is CN(CC(=O)CC(C)(C)C)c1nc(-c2cccnn2)nc2c1CCC2. The second-order valence-corrected chi connectivity index (χ2v) is 7.89. The molecule has 0 radical (unpaired) electrons. The van der Waals surface area contributed by atoms with Crippen molar-refractivity contribution in [2.24, 2.45) is 5.41 Å². The number of carbonyl (C=O) groups is 1. The summed E-state index contributed by atoms with van der Waals surface area (Å²) < 4.78 is 0. The summed E-state index contributed by atoms with van der Waals surface area (Å²) in [6.07, 6.45) is 5.17. The van der Waals surface area contributed by atoms with Gasteiger partial charge < -0.3 is 4.90 Å². The molecule has 0 unspecified atom stereocenters. The van der Waals surface area contributed by atoms with Crippen LogP contribution in [0, 0.1) is 5.41 Å². The molecule has 1 aliphatic rings. The fourth-order valence-corrected chi connectivity index (χ4v) is 3.25. The van der Waals surface area contributed by atoms with Crippen LogP contribution < -0.4 is 4.90 Å². The van der Waals surface area contributed by atoms with Crippen LogP contribution in [0.4, 0.5) is 5.82 Å². The number of ketones is 1. The predicted octanol–water partition coefficient (Wildman–Crippen LogP) is 2.86. The Labute approximate surface area is 148 Å². The molecule has 2 aromatic heterocycles. The highest BCUT2D eigenvalue weighted by Crippen LogP contribution is 2.30. The van der Waals surface area contributed by atoms with Crippen LogP contribution in [0.25, 0.3) is 11.5 Å². The number of fused-ring (bicyclic) bond motifs is 1. The molecule has 0 fully saturated rings. The molecule has 0 bridgehead atoms. The predicted molar refractivity (Wildman–Crippen MR) is 97.4 cm³/mol. The molecule has 0 aromatic carbocycles. The van der Waals surface area contributed by atoms with Gasteiger partial charge >= 0.3 is 0 Å². The van der Waals surface area contributed by atoms with E-state index in [4.69, 9.17) is 4.98 Å². The van der Waals surface area contributed by atoms with Crippen molar-refractivity contribution < 1.29 is 4.79 Å². The molecule has 0 atom stereocenters. The van der Waals surface area contributed by atoms with Crippen LogP contribution in [0.5, 0.6) is 0 Å². The third-order valence-electron chi connectivity index (χ3n) is 4.22. The minimum absolute atomic E-state index is 0.00364. The monoisotopic (exact) mass is 339 g/mol. The van der Waals surface area contributed by atoms with E-state index in [2.05, 4.69) is 36.0 Å². The second-order valence-electron chi connectivity index (χ2n) is 7.89. The maximum Gasteiger partial charge on any atom is 0.182 e. The maximum absolute atomic E-state index is 12.4. The van der Waals surface area contributed by atoms with Crippen molar-refractivity contribution >= 4 is 11.6 Å². The van der Waals surface area contributed by atoms with E-state index in [1.807, 2.05) is 24.1 Å². The Morgan fingerprint density at radius 1 is 1.24 bits per heavy atom. The van der Waals surface area contributed by atoms with Gasteiger partial charge in [-0.05, 0) is 36.8 Å². The highest BCUT2D eigenvalue weighted by atomic mass is 16.1. The fraction of sp³-hybridized carbons (Fsp3) is 0.526. The van der Waals surface area contributed by atoms with E-state index in [0.29, 0.717) is 24.5 Å². The lowest BCUT2D eigenvalue weighted by Crippen LogP contribution is -2.30. The number of anilines is 1. The topological polar surface area (TPSA) is 71.9 Å². The van der Waals surface area contributed by atoms with Crippen LogP contribution in [-0.2, 0) is 17.6 Å². The molecular weight excluding hydrogens is 314 g/mol. The van der Waals surface area contributed by atoms with E-state index in [9.17, 15) is 4.79 Å². The van der Waals surface area contributed by atoms with Crippen LogP contribution >= 0.6 is 0 Å². The first-order chi connectivity index (χ1) is 11.8. The van der Waals surface area contributed by atoms with Gasteiger partial charge in [0.1, 0.15) is 11.5 Å². The summed E-state index contributed by atoms with van der Waals surface area (Å²) in [4.78, 5) is 23.8. The Hall–Kier alpha value is -2.37. The normalized spacial score (nSPS) is 13.6. The molecule has 0 spiro atoms. The summed E-state index contributed by atoms with van der Waals surface area (Å²) >= 11 is 0. The lowest BCUT2D eigenvalue weighted by Gasteiger charge is -2.23. The number of hydrogen-bond acceptors (Lipinski definition) is 6. The Morgan fingerprint density at radius 2 is 2.04 bits per heavy atom. The van der Waals surface area contributed by atoms with Crippen LogP contribution in [0.15, 0.2) is 18.3 Å². The van der Waals surface area contributed by atoms with Crippen molar-refractivity contribution in [3.8, 4) is 11.5 Å². The number of Topliss-reactive ketones (excluding diaryl/α,β-unsaturated/α-hetero) is 1. The van der Waals surface area contributed by atoms with Crippen molar-refractivity contribution in [3.05, 3.63) is 29.6 Å². The fourth-order valence-electron chi connectivity index (χ4n) is 3.25. The molecule has 2 aromatic rings. The van der Waals surface area contributed by atoms with Crippen molar-refractivity contribution in [2.45, 2.75) is 46.5 Å². The van der Waals surface area contributed by atoms with Gasteiger partial charge in [-0.25, -0.2) is 9.97 Å². The highest BCUT2D eigenvalue weighted by molar-refractivity contribution is 5.84. The summed E-state index contributed by atoms with van der Waals surface area (Å²) in [6, 6.07) is 3.69. The molecule has 0 saturated carbocycles. The first-order valence-corrected chi connectivity index (χ1v) is 8.74. The standard InChI is InChI=1S/C19H25N5O/c1-19(2,3)11-13(25)12-24(4)18-14-7-5-8-15(14)21-17(22-18)16-9-6-10-20-23-16/h6,9-10H,5,7-8,11-12H2,1-4H3. The zero-order valence-electron chi connectivity index (χ0n) is 15.4. The number of aromatic nitrogens is 4. The number of nitrogens with zero attached hydrogens (tertiary/aromatic N) is 5. The zero-order chi connectivity index (χ0) is 18.0. The molecule has 1 aliphatic carbocycles. The maximum atomic E-state index is 12.4. The summed E-state index contributed by atoms with van der Waals surface area (Å²) in [6.45, 7) is 6.61. The summed E-state index contributed by atoms with van der Waals surface area (Å²) in [5.74, 6) is 1.66. The van der Waals surface area contributed by atoms with Crippen molar-refractivity contribution in [2.75, 3.05) is 18.5 Å². The third-order valence-corrected chi connectivity index (χ3v) is 4.22. The van der Waals surface area contributed by atoms with Crippen LogP contribution in [-0.4, -0.2) is 39.5 Å². The van der Waals surface area contributed by atoms with Gasteiger partial charge in [-0.2, -0.15) is 5.10 Å². The van der Waals surface area contributed by atoms with Crippen molar-refractivity contribution in [1.82, 2.24) is 20.2 Å². The van der Waals surface area contributed by atoms with Gasteiger partial charge in [0.15, 0.2) is 11.6 Å². The zero-order valence-corrected chi connectivity index (χ0v) is 15.4. The number of likely N-dealkylation sites (N-methyl/N-ethyl adjacent to an activating group) is 1. The van der Waals surface area contributed by atoms with Crippen molar-refractivity contribution in [3.63, 3.8) is 0 Å². The third kappa shape index (κ3) is 4.18. The quantitative estimate of drug-likeness (QED) is 0.834. The summed E-state index contributed by atoms with van der Waals surface area (Å²) in [7, 11) is 1.93. The molecular formula is C19H25N5O.